The lowest BCUT2D eigenvalue weighted by Gasteiger charge is -2.27. The van der Waals surface area contributed by atoms with Crippen molar-refractivity contribution in [2.24, 2.45) is 0 Å². The zero-order valence-electron chi connectivity index (χ0n) is 16.0. The Hall–Kier alpha value is -3.35. The lowest BCUT2D eigenvalue weighted by molar-refractivity contribution is -0.308. The number of nitrogens with zero attached hydrogens (tertiary/aromatic N) is 1. The molecule has 1 heterocycles. The Balaban J connectivity index is 1.59. The van der Waals surface area contributed by atoms with Gasteiger partial charge in [-0.1, -0.05) is 48.5 Å². The van der Waals surface area contributed by atoms with Gasteiger partial charge in [-0.15, -0.1) is 0 Å². The molecule has 3 rings (SSSR count). The summed E-state index contributed by atoms with van der Waals surface area (Å²) < 4.78 is 5.48. The van der Waals surface area contributed by atoms with E-state index in [1.165, 1.54) is 4.90 Å². The number of rotatable bonds is 8. The molecule has 0 spiro atoms. The number of carbonyl (C=O) groups is 3. The highest BCUT2D eigenvalue weighted by Gasteiger charge is 2.35. The van der Waals surface area contributed by atoms with Gasteiger partial charge in [-0.2, -0.15) is 0 Å². The van der Waals surface area contributed by atoms with Gasteiger partial charge >= 0.3 is 0 Å². The van der Waals surface area contributed by atoms with Crippen molar-refractivity contribution in [1.29, 1.82) is 0 Å². The number of ether oxygens (including phenoxy) is 1. The number of nitrogens with one attached hydrogen (secondary N) is 1. The van der Waals surface area contributed by atoms with Crippen LogP contribution in [0.3, 0.4) is 0 Å². The first-order chi connectivity index (χ1) is 14.0. The predicted octanol–water partition coefficient (Wildman–Crippen LogP) is 0.534. The molecule has 1 N–H and O–H groups in total. The second kappa shape index (κ2) is 9.73. The molecule has 0 aliphatic carbocycles. The fourth-order valence-electron chi connectivity index (χ4n) is 3.39. The van der Waals surface area contributed by atoms with Crippen LogP contribution in [-0.2, 0) is 20.8 Å². The third kappa shape index (κ3) is 5.57. The van der Waals surface area contributed by atoms with Crippen LogP contribution in [0.1, 0.15) is 18.4 Å². The average molecular weight is 395 g/mol. The Bertz CT molecular complexity index is 841. The molecule has 0 radical (unpaired) electrons. The summed E-state index contributed by atoms with van der Waals surface area (Å²) in [5.74, 6) is -1.58. The van der Waals surface area contributed by atoms with Crippen LogP contribution in [0.15, 0.2) is 60.7 Å². The fourth-order valence-corrected chi connectivity index (χ4v) is 3.39. The topological polar surface area (TPSA) is 98.8 Å². The van der Waals surface area contributed by atoms with Crippen molar-refractivity contribution in [2.75, 3.05) is 13.2 Å². The maximum absolute atomic E-state index is 12.7. The van der Waals surface area contributed by atoms with Gasteiger partial charge in [0, 0.05) is 6.54 Å². The molecule has 7 heteroatoms. The average Bonchev–Trinajstić information content (AvgIpc) is 3.23. The molecule has 1 fully saturated rings. The molecule has 0 unspecified atom stereocenters. The van der Waals surface area contributed by atoms with Crippen LogP contribution in [0.2, 0.25) is 0 Å². The first-order valence-corrected chi connectivity index (χ1v) is 9.57. The van der Waals surface area contributed by atoms with Crippen molar-refractivity contribution in [3.05, 3.63) is 66.2 Å². The summed E-state index contributed by atoms with van der Waals surface area (Å²) in [6, 6.07) is 16.1. The summed E-state index contributed by atoms with van der Waals surface area (Å²) >= 11 is 0. The van der Waals surface area contributed by atoms with E-state index < -0.39 is 24.0 Å². The smallest absolute Gasteiger partial charge is 0.261 e. The molecule has 2 aromatic rings. The van der Waals surface area contributed by atoms with Gasteiger partial charge in [0.2, 0.25) is 5.91 Å². The minimum atomic E-state index is -1.36. The molecule has 2 atom stereocenters. The van der Waals surface area contributed by atoms with Crippen LogP contribution in [0.5, 0.6) is 5.75 Å². The highest BCUT2D eigenvalue weighted by atomic mass is 16.5. The van der Waals surface area contributed by atoms with E-state index in [4.69, 9.17) is 4.74 Å². The largest absolute Gasteiger partial charge is 0.548 e. The first kappa shape index (κ1) is 20.4. The van der Waals surface area contributed by atoms with Crippen molar-refractivity contribution < 1.29 is 24.2 Å². The Morgan fingerprint density at radius 2 is 1.72 bits per heavy atom. The normalized spacial score (nSPS) is 16.8. The Morgan fingerprint density at radius 1 is 1.07 bits per heavy atom. The summed E-state index contributed by atoms with van der Waals surface area (Å²) in [6.45, 7) is 0.255. The second-order valence-electron chi connectivity index (χ2n) is 6.92. The molecule has 29 heavy (non-hydrogen) atoms. The fraction of sp³-hybridized carbons (Fsp3) is 0.318. The van der Waals surface area contributed by atoms with E-state index in [9.17, 15) is 19.5 Å². The number of likely N-dealkylation sites (tertiary alicyclic amines) is 1. The molecule has 1 saturated heterocycles. The van der Waals surface area contributed by atoms with E-state index >= 15 is 0 Å². The van der Waals surface area contributed by atoms with E-state index in [0.29, 0.717) is 25.1 Å². The van der Waals surface area contributed by atoms with Crippen LogP contribution in [0.4, 0.5) is 0 Å². The van der Waals surface area contributed by atoms with Gasteiger partial charge in [0.05, 0.1) is 12.0 Å². The maximum atomic E-state index is 12.7. The van der Waals surface area contributed by atoms with E-state index in [2.05, 4.69) is 5.32 Å². The van der Waals surface area contributed by atoms with Crippen LogP contribution in [-0.4, -0.2) is 47.9 Å². The van der Waals surface area contributed by atoms with Gasteiger partial charge in [0.1, 0.15) is 11.8 Å². The van der Waals surface area contributed by atoms with E-state index in [-0.39, 0.29) is 18.9 Å². The Labute approximate surface area is 169 Å². The number of para-hydroxylation sites is 1. The summed E-state index contributed by atoms with van der Waals surface area (Å²) in [5, 5.41) is 14.0. The molecule has 0 aromatic heterocycles. The molecule has 1 aliphatic rings. The number of amides is 2. The zero-order valence-corrected chi connectivity index (χ0v) is 16.0. The van der Waals surface area contributed by atoms with Crippen molar-refractivity contribution >= 4 is 17.8 Å². The summed E-state index contributed by atoms with van der Waals surface area (Å²) in [4.78, 5) is 38.2. The van der Waals surface area contributed by atoms with Gasteiger partial charge in [-0.3, -0.25) is 9.59 Å². The minimum Gasteiger partial charge on any atom is -0.548 e. The number of carboxylic acid groups (broad SMARTS) is 1. The summed E-state index contributed by atoms with van der Waals surface area (Å²) in [6.07, 6.45) is 1.27. The highest BCUT2D eigenvalue weighted by molar-refractivity contribution is 5.91. The van der Waals surface area contributed by atoms with Crippen LogP contribution < -0.4 is 15.2 Å². The molecule has 2 amide bonds. The van der Waals surface area contributed by atoms with E-state index in [0.717, 1.165) is 5.56 Å². The van der Waals surface area contributed by atoms with Gasteiger partial charge in [0.15, 0.2) is 6.61 Å². The predicted molar refractivity (Wildman–Crippen MR) is 104 cm³/mol. The Morgan fingerprint density at radius 3 is 2.38 bits per heavy atom. The van der Waals surface area contributed by atoms with Crippen LogP contribution in [0.25, 0.3) is 0 Å². The second-order valence-corrected chi connectivity index (χ2v) is 6.92. The van der Waals surface area contributed by atoms with Gasteiger partial charge in [-0.25, -0.2) is 0 Å². The van der Waals surface area contributed by atoms with Crippen molar-refractivity contribution in [1.82, 2.24) is 10.2 Å². The SMILES string of the molecule is O=C([O-])[C@H](Cc1ccccc1)NC(=O)[C@H]1CCCN1C(=O)COc1ccccc1. The molecular formula is C22H23N2O5-. The maximum Gasteiger partial charge on any atom is 0.261 e. The molecule has 7 nitrogen and oxygen atoms in total. The highest BCUT2D eigenvalue weighted by Crippen LogP contribution is 2.19. The molecule has 0 bridgehead atoms. The Kier molecular flexibility index (Phi) is 6.84. The summed E-state index contributed by atoms with van der Waals surface area (Å²) in [7, 11) is 0. The lowest BCUT2D eigenvalue weighted by Crippen LogP contribution is -2.55. The van der Waals surface area contributed by atoms with Gasteiger partial charge in [-0.05, 0) is 37.0 Å². The molecule has 152 valence electrons. The number of carboxylic acids is 1. The third-order valence-electron chi connectivity index (χ3n) is 4.86. The number of hydrogen-bond acceptors (Lipinski definition) is 5. The monoisotopic (exact) mass is 395 g/mol. The third-order valence-corrected chi connectivity index (χ3v) is 4.86. The van der Waals surface area contributed by atoms with Crippen molar-refractivity contribution in [3.63, 3.8) is 0 Å². The summed E-state index contributed by atoms with van der Waals surface area (Å²) in [5.41, 5.74) is 0.776. The number of carbonyl (C=O) groups excluding carboxylic acids is 3. The lowest BCUT2D eigenvalue weighted by atomic mass is 10.1. The van der Waals surface area contributed by atoms with Crippen LogP contribution >= 0.6 is 0 Å². The van der Waals surface area contributed by atoms with Crippen molar-refractivity contribution in [2.45, 2.75) is 31.3 Å². The van der Waals surface area contributed by atoms with Gasteiger partial charge in [0.25, 0.3) is 5.91 Å². The number of benzene rings is 2. The molecule has 1 aliphatic heterocycles. The number of aliphatic carboxylic acids is 1. The minimum absolute atomic E-state index is 0.118. The first-order valence-electron chi connectivity index (χ1n) is 9.57. The molecule has 0 saturated carbocycles. The van der Waals surface area contributed by atoms with Gasteiger partial charge < -0.3 is 24.9 Å². The molecular weight excluding hydrogens is 372 g/mol. The quantitative estimate of drug-likeness (QED) is 0.703. The van der Waals surface area contributed by atoms with Crippen LogP contribution in [0, 0.1) is 0 Å². The number of hydrogen-bond donors (Lipinski definition) is 1. The molecule has 2 aromatic carbocycles. The zero-order chi connectivity index (χ0) is 20.6. The van der Waals surface area contributed by atoms with E-state index in [1.807, 2.05) is 12.1 Å². The van der Waals surface area contributed by atoms with E-state index in [1.54, 1.807) is 48.5 Å². The van der Waals surface area contributed by atoms with Crippen molar-refractivity contribution in [3.8, 4) is 5.75 Å². The standard InChI is InChI=1S/C22H24N2O5/c25-20(15-29-17-10-5-2-6-11-17)24-13-7-12-19(24)21(26)23-18(22(27)28)14-16-8-3-1-4-9-16/h1-6,8-11,18-19H,7,12-15H2,(H,23,26)(H,27,28)/p-1/t18-,19+/m0/s1.